The summed E-state index contributed by atoms with van der Waals surface area (Å²) >= 11 is 3.37. The molecule has 1 heterocycles. The van der Waals surface area contributed by atoms with Gasteiger partial charge in [-0.25, -0.2) is 9.98 Å². The van der Waals surface area contributed by atoms with E-state index in [2.05, 4.69) is 30.9 Å². The summed E-state index contributed by atoms with van der Waals surface area (Å²) in [5.74, 6) is 0.847. The Morgan fingerprint density at radius 1 is 1.30 bits per heavy atom. The molecule has 2 rings (SSSR count). The molecule has 0 saturated heterocycles. The van der Waals surface area contributed by atoms with Crippen LogP contribution in [0.1, 0.15) is 5.56 Å². The third-order valence-corrected chi connectivity index (χ3v) is 2.87. The topological polar surface area (TPSA) is 50.6 Å². The molecule has 0 aliphatic carbocycles. The van der Waals surface area contributed by atoms with E-state index in [0.717, 1.165) is 5.56 Å². The minimum Gasteiger partial charge on any atom is -0.472 e. The minimum absolute atomic E-state index is 0.366. The first kappa shape index (κ1) is 14.5. The van der Waals surface area contributed by atoms with Gasteiger partial charge in [-0.2, -0.15) is 4.98 Å². The molecule has 0 unspecified atom stereocenters. The standard InChI is InChI=1S/C14H15BrN4O/c1-19(2)10-17-14-16-8-12(15)13(18-14)20-9-11-6-4-3-5-7-11/h3-8,10H,9H2,1-2H3/b17-10+. The zero-order chi connectivity index (χ0) is 14.4. The Kier molecular flexibility index (Phi) is 5.06. The number of halogens is 1. The van der Waals surface area contributed by atoms with Gasteiger partial charge in [-0.1, -0.05) is 30.3 Å². The third kappa shape index (κ3) is 4.31. The van der Waals surface area contributed by atoms with Crippen molar-refractivity contribution in [2.24, 2.45) is 4.99 Å². The molecular formula is C14H15BrN4O. The molecule has 0 spiro atoms. The summed E-state index contributed by atoms with van der Waals surface area (Å²) in [5, 5.41) is 0. The number of nitrogens with zero attached hydrogens (tertiary/aromatic N) is 4. The Balaban J connectivity index is 2.09. The Morgan fingerprint density at radius 2 is 2.05 bits per heavy atom. The van der Waals surface area contributed by atoms with Gasteiger partial charge in [0.2, 0.25) is 5.88 Å². The largest absolute Gasteiger partial charge is 0.472 e. The molecule has 0 bridgehead atoms. The fraction of sp³-hybridized carbons (Fsp3) is 0.214. The lowest BCUT2D eigenvalue weighted by atomic mass is 10.2. The number of aromatic nitrogens is 2. The molecule has 1 aromatic heterocycles. The number of ether oxygens (including phenoxy) is 1. The van der Waals surface area contributed by atoms with Crippen LogP contribution in [0.15, 0.2) is 46.0 Å². The lowest BCUT2D eigenvalue weighted by Crippen LogP contribution is -2.07. The zero-order valence-corrected chi connectivity index (χ0v) is 12.9. The van der Waals surface area contributed by atoms with Crippen LogP contribution < -0.4 is 4.74 Å². The molecule has 20 heavy (non-hydrogen) atoms. The molecule has 0 N–H and O–H groups in total. The lowest BCUT2D eigenvalue weighted by molar-refractivity contribution is 0.291. The molecule has 5 nitrogen and oxygen atoms in total. The van der Waals surface area contributed by atoms with Crippen molar-refractivity contribution in [3.8, 4) is 5.88 Å². The maximum atomic E-state index is 5.68. The van der Waals surface area contributed by atoms with E-state index in [1.165, 1.54) is 0 Å². The molecule has 104 valence electrons. The van der Waals surface area contributed by atoms with E-state index in [0.29, 0.717) is 22.9 Å². The summed E-state index contributed by atoms with van der Waals surface area (Å²) < 4.78 is 6.39. The van der Waals surface area contributed by atoms with Gasteiger partial charge in [-0.05, 0) is 21.5 Å². The van der Waals surface area contributed by atoms with Gasteiger partial charge in [-0.3, -0.25) is 0 Å². The molecule has 0 radical (unpaired) electrons. The summed E-state index contributed by atoms with van der Waals surface area (Å²) in [5.41, 5.74) is 1.08. The summed E-state index contributed by atoms with van der Waals surface area (Å²) in [6.07, 6.45) is 3.28. The van der Waals surface area contributed by atoms with Crippen molar-refractivity contribution in [3.05, 3.63) is 46.6 Å². The normalized spacial score (nSPS) is 10.8. The first-order chi connectivity index (χ1) is 9.65. The fourth-order valence-corrected chi connectivity index (χ4v) is 1.70. The SMILES string of the molecule is CN(C)/C=N/c1ncc(Br)c(OCc2ccccc2)n1. The van der Waals surface area contributed by atoms with Crippen LogP contribution in [0.3, 0.4) is 0 Å². The fourth-order valence-electron chi connectivity index (χ4n) is 1.40. The average Bonchev–Trinajstić information content (AvgIpc) is 2.46. The van der Waals surface area contributed by atoms with Crippen molar-refractivity contribution >= 4 is 28.2 Å². The number of rotatable bonds is 5. The van der Waals surface area contributed by atoms with E-state index >= 15 is 0 Å². The highest BCUT2D eigenvalue weighted by Crippen LogP contribution is 2.24. The molecular weight excluding hydrogens is 320 g/mol. The molecule has 0 atom stereocenters. The van der Waals surface area contributed by atoms with Crippen molar-refractivity contribution in [1.82, 2.24) is 14.9 Å². The molecule has 0 amide bonds. The Morgan fingerprint density at radius 3 is 2.75 bits per heavy atom. The third-order valence-electron chi connectivity index (χ3n) is 2.32. The first-order valence-corrected chi connectivity index (χ1v) is 6.84. The molecule has 0 fully saturated rings. The van der Waals surface area contributed by atoms with E-state index in [-0.39, 0.29) is 0 Å². The second kappa shape index (κ2) is 7.00. The number of hydrogen-bond acceptors (Lipinski definition) is 4. The summed E-state index contributed by atoms with van der Waals surface area (Å²) in [4.78, 5) is 14.3. The summed E-state index contributed by atoms with van der Waals surface area (Å²) in [6, 6.07) is 9.92. The highest BCUT2D eigenvalue weighted by Gasteiger charge is 2.06. The van der Waals surface area contributed by atoms with Gasteiger partial charge in [0.25, 0.3) is 5.95 Å². The van der Waals surface area contributed by atoms with Crippen LogP contribution in [0.2, 0.25) is 0 Å². The molecule has 0 aliphatic heterocycles. The Hall–Kier alpha value is -1.95. The van der Waals surface area contributed by atoms with Gasteiger partial charge in [0.05, 0.1) is 17.0 Å². The van der Waals surface area contributed by atoms with Gasteiger partial charge in [-0.15, -0.1) is 0 Å². The van der Waals surface area contributed by atoms with Gasteiger partial charge in [0.15, 0.2) is 0 Å². The van der Waals surface area contributed by atoms with Gasteiger partial charge in [0.1, 0.15) is 6.61 Å². The van der Waals surface area contributed by atoms with Crippen LogP contribution in [-0.4, -0.2) is 35.3 Å². The summed E-state index contributed by atoms with van der Waals surface area (Å²) in [6.45, 7) is 0.452. The summed E-state index contributed by atoms with van der Waals surface area (Å²) in [7, 11) is 3.77. The van der Waals surface area contributed by atoms with Crippen LogP contribution in [-0.2, 0) is 6.61 Å². The number of hydrogen-bond donors (Lipinski definition) is 0. The van der Waals surface area contributed by atoms with E-state index in [1.807, 2.05) is 49.3 Å². The maximum Gasteiger partial charge on any atom is 0.254 e. The second-order valence-electron chi connectivity index (χ2n) is 4.31. The van der Waals surface area contributed by atoms with Crippen LogP contribution >= 0.6 is 15.9 Å². The van der Waals surface area contributed by atoms with Crippen molar-refractivity contribution in [3.63, 3.8) is 0 Å². The van der Waals surface area contributed by atoms with Crippen LogP contribution in [0.25, 0.3) is 0 Å². The van der Waals surface area contributed by atoms with Crippen LogP contribution in [0.5, 0.6) is 5.88 Å². The van der Waals surface area contributed by atoms with Gasteiger partial charge in [0, 0.05) is 14.1 Å². The van der Waals surface area contributed by atoms with E-state index < -0.39 is 0 Å². The highest BCUT2D eigenvalue weighted by atomic mass is 79.9. The maximum absolute atomic E-state index is 5.68. The second-order valence-corrected chi connectivity index (χ2v) is 5.16. The Labute approximate surface area is 126 Å². The monoisotopic (exact) mass is 334 g/mol. The van der Waals surface area contributed by atoms with Crippen molar-refractivity contribution in [2.75, 3.05) is 14.1 Å². The molecule has 6 heteroatoms. The first-order valence-electron chi connectivity index (χ1n) is 6.05. The van der Waals surface area contributed by atoms with Crippen LogP contribution in [0.4, 0.5) is 5.95 Å². The van der Waals surface area contributed by atoms with E-state index in [9.17, 15) is 0 Å². The zero-order valence-electron chi connectivity index (χ0n) is 11.3. The average molecular weight is 335 g/mol. The van der Waals surface area contributed by atoms with Crippen molar-refractivity contribution in [2.45, 2.75) is 6.61 Å². The Bertz CT molecular complexity index is 587. The molecule has 0 aliphatic rings. The molecule has 1 aromatic carbocycles. The van der Waals surface area contributed by atoms with Crippen molar-refractivity contribution in [1.29, 1.82) is 0 Å². The predicted octanol–water partition coefficient (Wildman–Crippen LogP) is 3.04. The van der Waals surface area contributed by atoms with Gasteiger partial charge >= 0.3 is 0 Å². The molecule has 0 saturated carbocycles. The lowest BCUT2D eigenvalue weighted by Gasteiger charge is -2.07. The van der Waals surface area contributed by atoms with Gasteiger partial charge < -0.3 is 9.64 Å². The van der Waals surface area contributed by atoms with E-state index in [1.54, 1.807) is 12.5 Å². The van der Waals surface area contributed by atoms with Crippen molar-refractivity contribution < 1.29 is 4.74 Å². The predicted molar refractivity (Wildman–Crippen MR) is 82.3 cm³/mol. The molecule has 2 aromatic rings. The quantitative estimate of drug-likeness (QED) is 0.623. The number of aliphatic imine (C=N–C) groups is 1. The van der Waals surface area contributed by atoms with Crippen LogP contribution in [0, 0.1) is 0 Å². The smallest absolute Gasteiger partial charge is 0.254 e. The number of benzene rings is 1. The minimum atomic E-state index is 0.366. The van der Waals surface area contributed by atoms with E-state index in [4.69, 9.17) is 4.74 Å². The highest BCUT2D eigenvalue weighted by molar-refractivity contribution is 9.10.